The maximum Gasteiger partial charge on any atom is 0.319 e. The summed E-state index contributed by atoms with van der Waals surface area (Å²) in [7, 11) is 0. The molecular weight excluding hydrogens is 476 g/mol. The molecule has 0 amide bonds. The van der Waals surface area contributed by atoms with Gasteiger partial charge >= 0.3 is 5.97 Å². The second-order valence-electron chi connectivity index (χ2n) is 11.1. The molecule has 3 aliphatic rings. The standard InChI is InChI=1S/C31H34N4O3/c1-8-18-16(6)22-10-20-13(3)12(2)19(32-20)9-21-14(4)15(5)28(34-21)26-27(31(37)38)30(36)25-17(7)23(35-29(25)26)11-24(18)33-22/h9-11,14-15,27,32-35H,8H2,1-7H3,(H,37,38)/b21-9-,22-10-,24-11-,28-26-/t14-,15-,27+/m0/s1. The summed E-state index contributed by atoms with van der Waals surface area (Å²) in [5.41, 5.74) is 12.0. The number of aromatic amines is 3. The maximum atomic E-state index is 13.6. The molecule has 0 aromatic carbocycles. The van der Waals surface area contributed by atoms with E-state index in [4.69, 9.17) is 0 Å². The Balaban J connectivity index is 1.75. The molecule has 0 unspecified atom stereocenters. The zero-order valence-electron chi connectivity index (χ0n) is 22.9. The molecule has 6 rings (SSSR count). The number of rotatable bonds is 2. The molecule has 7 heteroatoms. The monoisotopic (exact) mass is 510 g/mol. The van der Waals surface area contributed by atoms with Gasteiger partial charge in [-0.25, -0.2) is 0 Å². The highest BCUT2D eigenvalue weighted by Crippen LogP contribution is 2.46. The van der Waals surface area contributed by atoms with E-state index in [9.17, 15) is 14.7 Å². The van der Waals surface area contributed by atoms with E-state index in [0.29, 0.717) is 16.8 Å². The van der Waals surface area contributed by atoms with Gasteiger partial charge in [0.05, 0.1) is 5.69 Å². The lowest BCUT2D eigenvalue weighted by molar-refractivity contribution is -0.138. The van der Waals surface area contributed by atoms with Crippen molar-refractivity contribution in [1.29, 1.82) is 0 Å². The van der Waals surface area contributed by atoms with Crippen LogP contribution >= 0.6 is 0 Å². The van der Waals surface area contributed by atoms with Crippen LogP contribution in [0.2, 0.25) is 0 Å². The molecule has 3 aromatic rings. The number of H-pyrrole nitrogens is 3. The van der Waals surface area contributed by atoms with Gasteiger partial charge in [0.25, 0.3) is 0 Å². The Labute approximate surface area is 221 Å². The zero-order chi connectivity index (χ0) is 27.2. The fraction of sp³-hybridized carbons (Fsp3) is 0.355. The van der Waals surface area contributed by atoms with E-state index in [1.54, 1.807) is 0 Å². The van der Waals surface area contributed by atoms with Gasteiger partial charge in [-0.3, -0.25) is 9.59 Å². The number of ketones is 1. The first-order valence-electron chi connectivity index (χ1n) is 13.4. The molecule has 2 aliphatic heterocycles. The van der Waals surface area contributed by atoms with E-state index < -0.39 is 11.9 Å². The Morgan fingerprint density at radius 2 is 1.47 bits per heavy atom. The Hall–Kier alpha value is -4.00. The topological polar surface area (TPSA) is 114 Å². The minimum atomic E-state index is -1.22. The number of carboxylic acid groups (broad SMARTS) is 1. The number of carbonyl (C=O) groups excluding carboxylic acids is 1. The van der Waals surface area contributed by atoms with E-state index in [1.807, 2.05) is 6.92 Å². The van der Waals surface area contributed by atoms with Crippen molar-refractivity contribution in [3.63, 3.8) is 0 Å². The van der Waals surface area contributed by atoms with Crippen LogP contribution in [0.15, 0.2) is 11.4 Å². The molecule has 3 atom stereocenters. The number of aromatic nitrogens is 3. The highest BCUT2D eigenvalue weighted by atomic mass is 16.4. The molecule has 0 radical (unpaired) electrons. The third-order valence-corrected chi connectivity index (χ3v) is 9.19. The fourth-order valence-electron chi connectivity index (χ4n) is 6.47. The average molecular weight is 511 g/mol. The number of aliphatic carboxylic acids is 1. The number of hydrogen-bond donors (Lipinski definition) is 5. The summed E-state index contributed by atoms with van der Waals surface area (Å²) >= 11 is 0. The predicted octanol–water partition coefficient (Wildman–Crippen LogP) is 3.96. The molecule has 196 valence electrons. The smallest absolute Gasteiger partial charge is 0.319 e. The fourth-order valence-corrected chi connectivity index (χ4v) is 6.47. The first kappa shape index (κ1) is 24.3. The zero-order valence-corrected chi connectivity index (χ0v) is 22.9. The van der Waals surface area contributed by atoms with E-state index in [-0.39, 0.29) is 17.6 Å². The Morgan fingerprint density at radius 1 is 0.842 bits per heavy atom. The summed E-state index contributed by atoms with van der Waals surface area (Å²) < 4.78 is 0. The third-order valence-electron chi connectivity index (χ3n) is 9.19. The van der Waals surface area contributed by atoms with Crippen molar-refractivity contribution in [2.24, 2.45) is 17.8 Å². The predicted molar refractivity (Wildman–Crippen MR) is 149 cm³/mol. The molecule has 3 aromatic heterocycles. The van der Waals surface area contributed by atoms with Crippen LogP contribution < -0.4 is 16.0 Å². The first-order valence-corrected chi connectivity index (χ1v) is 13.4. The van der Waals surface area contributed by atoms with E-state index in [2.05, 4.69) is 80.0 Å². The molecule has 0 saturated carbocycles. The van der Waals surface area contributed by atoms with Gasteiger partial charge in [0.15, 0.2) is 5.78 Å². The molecule has 1 saturated heterocycles. The first-order chi connectivity index (χ1) is 18.0. The lowest BCUT2D eigenvalue weighted by Gasteiger charge is -2.15. The van der Waals surface area contributed by atoms with Gasteiger partial charge in [-0.2, -0.15) is 0 Å². The van der Waals surface area contributed by atoms with Crippen molar-refractivity contribution in [2.75, 3.05) is 0 Å². The number of nitrogens with one attached hydrogen (secondary N) is 4. The Kier molecular flexibility index (Phi) is 5.29. The molecule has 7 nitrogen and oxygen atoms in total. The van der Waals surface area contributed by atoms with Crippen molar-refractivity contribution in [1.82, 2.24) is 20.3 Å². The Bertz CT molecular complexity index is 1750. The van der Waals surface area contributed by atoms with Crippen molar-refractivity contribution in [3.05, 3.63) is 78.2 Å². The van der Waals surface area contributed by atoms with Crippen molar-refractivity contribution in [3.8, 4) is 0 Å². The molecule has 1 fully saturated rings. The summed E-state index contributed by atoms with van der Waals surface area (Å²) in [6, 6.07) is 0. The minimum Gasteiger partial charge on any atom is -0.480 e. The summed E-state index contributed by atoms with van der Waals surface area (Å²) in [5, 5.41) is 15.8. The lowest BCUT2D eigenvalue weighted by atomic mass is 9.89. The summed E-state index contributed by atoms with van der Waals surface area (Å²) in [6.07, 6.45) is 7.24. The third kappa shape index (κ3) is 3.20. The SMILES string of the molecule is CCc1c(C)/c2[nH]/c1=C\c1[nH]c3c(c1C)C(=O)[C@H](C(=O)O)/C3=C1/N/C(=C\c3[nH]c(c(C)c3C)\C=2)[C@@H](C)[C@@H]1C. The van der Waals surface area contributed by atoms with Gasteiger partial charge in [-0.15, -0.1) is 0 Å². The van der Waals surface area contributed by atoms with Crippen LogP contribution in [0.1, 0.15) is 81.7 Å². The van der Waals surface area contributed by atoms with Crippen molar-refractivity contribution in [2.45, 2.75) is 54.9 Å². The van der Waals surface area contributed by atoms with E-state index in [1.165, 1.54) is 22.3 Å². The van der Waals surface area contributed by atoms with Crippen LogP contribution in [0, 0.1) is 45.4 Å². The Morgan fingerprint density at radius 3 is 2.13 bits per heavy atom. The average Bonchev–Trinajstić information content (AvgIpc) is 3.59. The molecule has 8 bridgehead atoms. The largest absolute Gasteiger partial charge is 0.480 e. The van der Waals surface area contributed by atoms with Crippen LogP contribution in [0.3, 0.4) is 0 Å². The lowest BCUT2D eigenvalue weighted by Crippen LogP contribution is -2.23. The maximum absolute atomic E-state index is 13.6. The van der Waals surface area contributed by atoms with Gasteiger partial charge in [0.1, 0.15) is 5.92 Å². The summed E-state index contributed by atoms with van der Waals surface area (Å²) in [4.78, 5) is 36.7. The highest BCUT2D eigenvalue weighted by molar-refractivity contribution is 6.24. The summed E-state index contributed by atoms with van der Waals surface area (Å²) in [5.74, 6) is -2.54. The minimum absolute atomic E-state index is 0.0193. The second kappa shape index (κ2) is 8.25. The molecule has 5 N–H and O–H groups in total. The van der Waals surface area contributed by atoms with Gasteiger partial charge in [0, 0.05) is 62.1 Å². The van der Waals surface area contributed by atoms with Crippen LogP contribution in [0.5, 0.6) is 0 Å². The second-order valence-corrected chi connectivity index (χ2v) is 11.1. The number of carboxylic acids is 1. The van der Waals surface area contributed by atoms with Gasteiger partial charge in [-0.1, -0.05) is 20.8 Å². The molecular formula is C31H34N4O3. The van der Waals surface area contributed by atoms with Crippen LogP contribution in [-0.2, 0) is 11.2 Å². The van der Waals surface area contributed by atoms with Crippen LogP contribution in [0.25, 0.3) is 23.8 Å². The van der Waals surface area contributed by atoms with Crippen molar-refractivity contribution >= 4 is 35.6 Å². The van der Waals surface area contributed by atoms with Gasteiger partial charge in [0.2, 0.25) is 0 Å². The number of allylic oxidation sites excluding steroid dienone is 2. The molecule has 0 spiro atoms. The number of hydrogen-bond acceptors (Lipinski definition) is 3. The molecule has 1 aliphatic carbocycles. The normalized spacial score (nSPS) is 26.9. The molecule has 5 heterocycles. The highest BCUT2D eigenvalue weighted by Gasteiger charge is 2.47. The van der Waals surface area contributed by atoms with Gasteiger partial charge in [-0.05, 0) is 80.2 Å². The van der Waals surface area contributed by atoms with E-state index in [0.717, 1.165) is 51.2 Å². The van der Waals surface area contributed by atoms with Crippen molar-refractivity contribution < 1.29 is 14.7 Å². The quantitative estimate of drug-likeness (QED) is 0.336. The summed E-state index contributed by atoms with van der Waals surface area (Å²) in [6.45, 7) is 14.7. The van der Waals surface area contributed by atoms with E-state index >= 15 is 0 Å². The number of Topliss-reactive ketones (excluding diaryl/α,β-unsaturated/α-hetero) is 1. The molecule has 38 heavy (non-hydrogen) atoms. The van der Waals surface area contributed by atoms with Gasteiger partial charge < -0.3 is 25.4 Å². The number of fused-ring (bicyclic) bond motifs is 7. The van der Waals surface area contributed by atoms with Crippen LogP contribution in [-0.4, -0.2) is 31.8 Å². The van der Waals surface area contributed by atoms with Crippen LogP contribution in [0.4, 0.5) is 0 Å². The number of carbonyl (C=O) groups is 2.